The summed E-state index contributed by atoms with van der Waals surface area (Å²) in [6, 6.07) is 19.7. The van der Waals surface area contributed by atoms with Crippen LogP contribution in [0.3, 0.4) is 0 Å². The Balaban J connectivity index is 1.62. The van der Waals surface area contributed by atoms with Gasteiger partial charge < -0.3 is 9.26 Å². The fraction of sp³-hybridized carbons (Fsp3) is 0.0526. The third kappa shape index (κ3) is 2.72. The Bertz CT molecular complexity index is 983. The van der Waals surface area contributed by atoms with Gasteiger partial charge in [-0.2, -0.15) is 4.98 Å². The molecule has 2 aromatic carbocycles. The van der Waals surface area contributed by atoms with Gasteiger partial charge in [-0.1, -0.05) is 47.6 Å². The van der Waals surface area contributed by atoms with E-state index >= 15 is 0 Å². The van der Waals surface area contributed by atoms with E-state index in [0.717, 1.165) is 5.56 Å². The maximum atomic E-state index is 13.9. The summed E-state index contributed by atoms with van der Waals surface area (Å²) in [6.07, 6.45) is 0. The van der Waals surface area contributed by atoms with Gasteiger partial charge in [0.05, 0.1) is 5.39 Å². The highest BCUT2D eigenvalue weighted by atomic mass is 19.1. The first-order chi connectivity index (χ1) is 11.8. The molecule has 0 atom stereocenters. The lowest BCUT2D eigenvalue weighted by Gasteiger charge is -2.04. The molecule has 0 saturated carbocycles. The molecular weight excluding hydrogens is 307 g/mol. The normalized spacial score (nSPS) is 10.9. The summed E-state index contributed by atoms with van der Waals surface area (Å²) in [5.74, 6) is 0.0830. The Morgan fingerprint density at radius 2 is 1.71 bits per heavy atom. The van der Waals surface area contributed by atoms with E-state index in [1.807, 2.05) is 30.3 Å². The number of halogens is 1. The van der Waals surface area contributed by atoms with Gasteiger partial charge in [-0.05, 0) is 23.8 Å². The first kappa shape index (κ1) is 14.4. The van der Waals surface area contributed by atoms with Crippen molar-refractivity contribution in [2.24, 2.45) is 0 Å². The summed E-state index contributed by atoms with van der Waals surface area (Å²) in [5.41, 5.74) is 2.18. The van der Waals surface area contributed by atoms with Crippen molar-refractivity contribution < 1.29 is 13.7 Å². The van der Waals surface area contributed by atoms with Crippen LogP contribution in [-0.2, 0) is 6.61 Å². The van der Waals surface area contributed by atoms with Gasteiger partial charge in [0.1, 0.15) is 18.1 Å². The summed E-state index contributed by atoms with van der Waals surface area (Å²) in [6.45, 7) is 0.410. The van der Waals surface area contributed by atoms with Crippen molar-refractivity contribution in [2.75, 3.05) is 0 Å². The van der Waals surface area contributed by atoms with Crippen LogP contribution in [0.4, 0.5) is 4.39 Å². The zero-order valence-corrected chi connectivity index (χ0v) is 12.6. The Labute approximate surface area is 137 Å². The Kier molecular flexibility index (Phi) is 3.67. The fourth-order valence-corrected chi connectivity index (χ4v) is 2.47. The zero-order chi connectivity index (χ0) is 16.4. The average Bonchev–Trinajstić information content (AvgIpc) is 3.04. The quantitative estimate of drug-likeness (QED) is 0.551. The fourth-order valence-electron chi connectivity index (χ4n) is 2.47. The van der Waals surface area contributed by atoms with Gasteiger partial charge in [0.25, 0.3) is 5.71 Å². The molecule has 0 aliphatic carbocycles. The SMILES string of the molecule is Fc1ccccc1-c1noc2nc(OCc3ccccc3)ccc12. The van der Waals surface area contributed by atoms with Crippen LogP contribution >= 0.6 is 0 Å². The molecule has 0 fully saturated rings. The summed E-state index contributed by atoms with van der Waals surface area (Å²) in [4.78, 5) is 4.29. The van der Waals surface area contributed by atoms with Gasteiger partial charge in [0.2, 0.25) is 5.88 Å². The summed E-state index contributed by atoms with van der Waals surface area (Å²) in [7, 11) is 0. The monoisotopic (exact) mass is 320 g/mol. The van der Waals surface area contributed by atoms with E-state index in [4.69, 9.17) is 9.26 Å². The van der Waals surface area contributed by atoms with Gasteiger partial charge in [-0.15, -0.1) is 0 Å². The predicted molar refractivity (Wildman–Crippen MR) is 88.0 cm³/mol. The van der Waals surface area contributed by atoms with E-state index < -0.39 is 0 Å². The van der Waals surface area contributed by atoms with Crippen LogP contribution in [0.5, 0.6) is 5.88 Å². The van der Waals surface area contributed by atoms with E-state index in [-0.39, 0.29) is 5.82 Å². The maximum absolute atomic E-state index is 13.9. The lowest BCUT2D eigenvalue weighted by atomic mass is 10.1. The van der Waals surface area contributed by atoms with E-state index in [1.165, 1.54) is 6.07 Å². The molecule has 2 heterocycles. The summed E-state index contributed by atoms with van der Waals surface area (Å²) >= 11 is 0. The van der Waals surface area contributed by atoms with Crippen LogP contribution in [0, 0.1) is 5.82 Å². The molecule has 2 aromatic heterocycles. The minimum atomic E-state index is -0.350. The Morgan fingerprint density at radius 3 is 2.54 bits per heavy atom. The van der Waals surface area contributed by atoms with Crippen molar-refractivity contribution in [2.45, 2.75) is 6.61 Å². The zero-order valence-electron chi connectivity index (χ0n) is 12.6. The molecule has 0 aliphatic rings. The van der Waals surface area contributed by atoms with Crippen LogP contribution in [-0.4, -0.2) is 10.1 Å². The molecule has 0 aliphatic heterocycles. The minimum absolute atomic E-state index is 0.318. The van der Waals surface area contributed by atoms with Crippen molar-refractivity contribution in [1.29, 1.82) is 0 Å². The molecule has 4 nitrogen and oxygen atoms in total. The third-order valence-corrected chi connectivity index (χ3v) is 3.67. The second kappa shape index (κ2) is 6.12. The number of nitrogens with zero attached hydrogens (tertiary/aromatic N) is 2. The first-order valence-electron chi connectivity index (χ1n) is 7.49. The number of aromatic nitrogens is 2. The molecule has 0 N–H and O–H groups in total. The molecule has 4 rings (SSSR count). The largest absolute Gasteiger partial charge is 0.473 e. The van der Waals surface area contributed by atoms with Gasteiger partial charge in [0.15, 0.2) is 0 Å². The van der Waals surface area contributed by atoms with Crippen LogP contribution in [0.1, 0.15) is 5.56 Å². The van der Waals surface area contributed by atoms with Crippen LogP contribution in [0.15, 0.2) is 71.3 Å². The van der Waals surface area contributed by atoms with Crippen molar-refractivity contribution in [3.05, 3.63) is 78.1 Å². The lowest BCUT2D eigenvalue weighted by Crippen LogP contribution is -1.96. The van der Waals surface area contributed by atoms with Crippen molar-refractivity contribution in [3.8, 4) is 17.1 Å². The Morgan fingerprint density at radius 1 is 0.917 bits per heavy atom. The number of benzene rings is 2. The van der Waals surface area contributed by atoms with Crippen molar-refractivity contribution >= 4 is 11.1 Å². The molecule has 0 spiro atoms. The minimum Gasteiger partial charge on any atom is -0.473 e. The highest BCUT2D eigenvalue weighted by molar-refractivity contribution is 5.89. The van der Waals surface area contributed by atoms with E-state index in [9.17, 15) is 4.39 Å². The van der Waals surface area contributed by atoms with Gasteiger partial charge >= 0.3 is 0 Å². The van der Waals surface area contributed by atoms with E-state index in [0.29, 0.717) is 34.8 Å². The molecular formula is C19H13FN2O2. The number of pyridine rings is 1. The average molecular weight is 320 g/mol. The highest BCUT2D eigenvalue weighted by Gasteiger charge is 2.15. The predicted octanol–water partition coefficient (Wildman–Crippen LogP) is 4.61. The summed E-state index contributed by atoms with van der Waals surface area (Å²) < 4.78 is 24.9. The number of rotatable bonds is 4. The molecule has 4 aromatic rings. The number of ether oxygens (including phenoxy) is 1. The lowest BCUT2D eigenvalue weighted by molar-refractivity contribution is 0.293. The van der Waals surface area contributed by atoms with Crippen molar-refractivity contribution in [3.63, 3.8) is 0 Å². The van der Waals surface area contributed by atoms with Crippen LogP contribution < -0.4 is 4.74 Å². The summed E-state index contributed by atoms with van der Waals surface area (Å²) in [5, 5.41) is 4.60. The van der Waals surface area contributed by atoms with Gasteiger partial charge in [-0.3, -0.25) is 0 Å². The van der Waals surface area contributed by atoms with E-state index in [2.05, 4.69) is 10.1 Å². The molecule has 24 heavy (non-hydrogen) atoms. The van der Waals surface area contributed by atoms with Crippen LogP contribution in [0.25, 0.3) is 22.4 Å². The smallest absolute Gasteiger partial charge is 0.261 e. The molecule has 0 radical (unpaired) electrons. The molecule has 118 valence electrons. The first-order valence-corrected chi connectivity index (χ1v) is 7.49. The van der Waals surface area contributed by atoms with Crippen molar-refractivity contribution in [1.82, 2.24) is 10.1 Å². The van der Waals surface area contributed by atoms with Gasteiger partial charge in [-0.25, -0.2) is 4.39 Å². The molecule has 0 bridgehead atoms. The highest BCUT2D eigenvalue weighted by Crippen LogP contribution is 2.30. The third-order valence-electron chi connectivity index (χ3n) is 3.67. The topological polar surface area (TPSA) is 48.2 Å². The second-order valence-electron chi connectivity index (χ2n) is 5.29. The maximum Gasteiger partial charge on any atom is 0.261 e. The molecule has 0 unspecified atom stereocenters. The molecule has 0 amide bonds. The standard InChI is InChI=1S/C19H13FN2O2/c20-16-9-5-4-8-14(16)18-15-10-11-17(21-19(15)24-22-18)23-12-13-6-2-1-3-7-13/h1-11H,12H2. The molecule has 0 saturated heterocycles. The van der Waals surface area contributed by atoms with Gasteiger partial charge in [0, 0.05) is 11.6 Å². The van der Waals surface area contributed by atoms with Crippen LogP contribution in [0.2, 0.25) is 0 Å². The Hall–Kier alpha value is -3.21. The number of hydrogen-bond acceptors (Lipinski definition) is 4. The number of fused-ring (bicyclic) bond motifs is 1. The van der Waals surface area contributed by atoms with E-state index in [1.54, 1.807) is 30.3 Å². The second-order valence-corrected chi connectivity index (χ2v) is 5.29. The molecule has 5 heteroatoms. The number of hydrogen-bond donors (Lipinski definition) is 0.